The number of nitro groups is 1. The number of aldehydes is 1. The van der Waals surface area contributed by atoms with Crippen LogP contribution in [0.4, 0.5) is 11.4 Å². The molecule has 0 saturated carbocycles. The molecule has 0 bridgehead atoms. The Balaban J connectivity index is 2.18. The number of nitrogens with zero attached hydrogens (tertiary/aromatic N) is 2. The highest BCUT2D eigenvalue weighted by Crippen LogP contribution is 2.35. The number of benzene rings is 2. The summed E-state index contributed by atoms with van der Waals surface area (Å²) in [6.45, 7) is 0. The van der Waals surface area contributed by atoms with Crippen molar-refractivity contribution in [3.63, 3.8) is 0 Å². The summed E-state index contributed by atoms with van der Waals surface area (Å²) in [7, 11) is 0. The monoisotopic (exact) mass is 296 g/mol. The smallest absolute Gasteiger partial charge is 0.294 e. The average Bonchev–Trinajstić information content (AvgIpc) is 2.79. The number of anilines is 1. The van der Waals surface area contributed by atoms with Gasteiger partial charge in [-0.15, -0.1) is 0 Å². The summed E-state index contributed by atoms with van der Waals surface area (Å²) >= 11 is 0. The van der Waals surface area contributed by atoms with Crippen LogP contribution in [0.25, 0.3) is 0 Å². The Kier molecular flexibility index (Phi) is 3.03. The summed E-state index contributed by atoms with van der Waals surface area (Å²) in [6.07, 6.45) is 0.457. The minimum Gasteiger partial charge on any atom is -0.298 e. The number of amides is 2. The quantitative estimate of drug-likeness (QED) is 0.374. The molecule has 1 aliphatic rings. The number of imide groups is 1. The molecule has 0 fully saturated rings. The zero-order valence-corrected chi connectivity index (χ0v) is 11.1. The predicted molar refractivity (Wildman–Crippen MR) is 76.1 cm³/mol. The molecule has 2 aromatic rings. The number of fused-ring (bicyclic) bond motifs is 1. The maximum Gasteiger partial charge on any atom is 0.294 e. The Labute approximate surface area is 123 Å². The van der Waals surface area contributed by atoms with Crippen molar-refractivity contribution in [3.05, 3.63) is 69.3 Å². The van der Waals surface area contributed by atoms with E-state index in [1.807, 2.05) is 0 Å². The highest BCUT2D eigenvalue weighted by molar-refractivity contribution is 6.35. The molecule has 7 heteroatoms. The van der Waals surface area contributed by atoms with Gasteiger partial charge in [-0.1, -0.05) is 12.1 Å². The molecule has 0 saturated heterocycles. The molecule has 0 N–H and O–H groups in total. The van der Waals surface area contributed by atoms with E-state index < -0.39 is 22.4 Å². The first-order chi connectivity index (χ1) is 10.5. The third-order valence-electron chi connectivity index (χ3n) is 3.37. The lowest BCUT2D eigenvalue weighted by Gasteiger charge is -2.14. The van der Waals surface area contributed by atoms with Crippen LogP contribution in [0.5, 0.6) is 0 Å². The molecular weight excluding hydrogens is 288 g/mol. The van der Waals surface area contributed by atoms with Crippen LogP contribution in [0.1, 0.15) is 31.1 Å². The molecule has 1 heterocycles. The fraction of sp³-hybridized carbons (Fsp3) is 0. The second kappa shape index (κ2) is 4.88. The SMILES string of the molecule is O=Cc1ccc(N2C(=O)c3ccccc3C2=O)c([N+](=O)[O-])c1. The van der Waals surface area contributed by atoms with Gasteiger partial charge < -0.3 is 0 Å². The minimum atomic E-state index is -0.730. The van der Waals surface area contributed by atoms with Crippen molar-refractivity contribution in [2.75, 3.05) is 4.90 Å². The molecular formula is C15H8N2O5. The third kappa shape index (κ3) is 1.87. The van der Waals surface area contributed by atoms with Crippen LogP contribution >= 0.6 is 0 Å². The summed E-state index contributed by atoms with van der Waals surface area (Å²) in [5, 5.41) is 11.2. The second-order valence-corrected chi connectivity index (χ2v) is 4.61. The van der Waals surface area contributed by atoms with Crippen molar-refractivity contribution in [1.29, 1.82) is 0 Å². The van der Waals surface area contributed by atoms with E-state index in [4.69, 9.17) is 0 Å². The van der Waals surface area contributed by atoms with Crippen LogP contribution in [0.3, 0.4) is 0 Å². The van der Waals surface area contributed by atoms with Gasteiger partial charge in [0.15, 0.2) is 0 Å². The van der Waals surface area contributed by atoms with E-state index in [0.29, 0.717) is 6.29 Å². The number of hydrogen-bond donors (Lipinski definition) is 0. The molecule has 3 rings (SSSR count). The molecule has 0 unspecified atom stereocenters. The number of rotatable bonds is 3. The second-order valence-electron chi connectivity index (χ2n) is 4.61. The number of nitro benzene ring substituents is 1. The lowest BCUT2D eigenvalue weighted by atomic mass is 10.1. The maximum absolute atomic E-state index is 12.3. The Morgan fingerprint density at radius 2 is 1.59 bits per heavy atom. The fourth-order valence-electron chi connectivity index (χ4n) is 2.36. The van der Waals surface area contributed by atoms with Gasteiger partial charge in [0.1, 0.15) is 12.0 Å². The molecule has 1 aliphatic heterocycles. The van der Waals surface area contributed by atoms with Crippen LogP contribution in [0, 0.1) is 10.1 Å². The molecule has 108 valence electrons. The van der Waals surface area contributed by atoms with Gasteiger partial charge in [0.2, 0.25) is 0 Å². The van der Waals surface area contributed by atoms with Crippen LogP contribution in [-0.4, -0.2) is 23.0 Å². The molecule has 0 aromatic heterocycles. The van der Waals surface area contributed by atoms with Gasteiger partial charge in [-0.3, -0.25) is 24.5 Å². The van der Waals surface area contributed by atoms with E-state index in [2.05, 4.69) is 0 Å². The first kappa shape index (κ1) is 13.6. The molecule has 2 aromatic carbocycles. The van der Waals surface area contributed by atoms with Gasteiger partial charge in [-0.25, -0.2) is 4.90 Å². The number of carbonyl (C=O) groups is 3. The van der Waals surface area contributed by atoms with Crippen molar-refractivity contribution >= 4 is 29.5 Å². The molecule has 22 heavy (non-hydrogen) atoms. The first-order valence-electron chi connectivity index (χ1n) is 6.26. The van der Waals surface area contributed by atoms with E-state index in [0.717, 1.165) is 11.0 Å². The predicted octanol–water partition coefficient (Wildman–Crippen LogP) is 2.21. The highest BCUT2D eigenvalue weighted by Gasteiger charge is 2.39. The first-order valence-corrected chi connectivity index (χ1v) is 6.26. The molecule has 0 radical (unpaired) electrons. The fourth-order valence-corrected chi connectivity index (χ4v) is 2.36. The Hall–Kier alpha value is -3.35. The van der Waals surface area contributed by atoms with Gasteiger partial charge in [0, 0.05) is 11.6 Å². The van der Waals surface area contributed by atoms with Crippen LogP contribution < -0.4 is 4.90 Å². The summed E-state index contributed by atoms with van der Waals surface area (Å²) in [5.74, 6) is -1.25. The van der Waals surface area contributed by atoms with Crippen molar-refractivity contribution in [2.24, 2.45) is 0 Å². The Bertz CT molecular complexity index is 809. The van der Waals surface area contributed by atoms with Crippen molar-refractivity contribution in [3.8, 4) is 0 Å². The molecule has 7 nitrogen and oxygen atoms in total. The number of hydrogen-bond acceptors (Lipinski definition) is 5. The van der Waals surface area contributed by atoms with Crippen LogP contribution in [-0.2, 0) is 0 Å². The zero-order valence-electron chi connectivity index (χ0n) is 11.1. The summed E-state index contributed by atoms with van der Waals surface area (Å²) < 4.78 is 0. The zero-order chi connectivity index (χ0) is 15.9. The van der Waals surface area contributed by atoms with Crippen molar-refractivity contribution in [2.45, 2.75) is 0 Å². The largest absolute Gasteiger partial charge is 0.298 e. The van der Waals surface area contributed by atoms with E-state index in [1.165, 1.54) is 24.3 Å². The number of carbonyl (C=O) groups excluding carboxylic acids is 3. The molecule has 0 spiro atoms. The van der Waals surface area contributed by atoms with Gasteiger partial charge >= 0.3 is 0 Å². The van der Waals surface area contributed by atoms with E-state index in [-0.39, 0.29) is 22.4 Å². The van der Waals surface area contributed by atoms with Gasteiger partial charge in [0.25, 0.3) is 17.5 Å². The van der Waals surface area contributed by atoms with E-state index >= 15 is 0 Å². The topological polar surface area (TPSA) is 97.6 Å². The minimum absolute atomic E-state index is 0.0899. The lowest BCUT2D eigenvalue weighted by molar-refractivity contribution is -0.384. The maximum atomic E-state index is 12.3. The summed E-state index contributed by atoms with van der Waals surface area (Å²) in [5.41, 5.74) is -0.143. The van der Waals surface area contributed by atoms with Crippen LogP contribution in [0.2, 0.25) is 0 Å². The summed E-state index contributed by atoms with van der Waals surface area (Å²) in [6, 6.07) is 9.77. The highest BCUT2D eigenvalue weighted by atomic mass is 16.6. The van der Waals surface area contributed by atoms with Gasteiger partial charge in [0.05, 0.1) is 16.1 Å². The normalized spacial score (nSPS) is 13.2. The Morgan fingerprint density at radius 1 is 1.00 bits per heavy atom. The van der Waals surface area contributed by atoms with Gasteiger partial charge in [-0.05, 0) is 24.3 Å². The molecule has 0 atom stereocenters. The van der Waals surface area contributed by atoms with E-state index in [9.17, 15) is 24.5 Å². The van der Waals surface area contributed by atoms with Crippen molar-refractivity contribution < 1.29 is 19.3 Å². The average molecular weight is 296 g/mol. The van der Waals surface area contributed by atoms with E-state index in [1.54, 1.807) is 12.1 Å². The lowest BCUT2D eigenvalue weighted by Crippen LogP contribution is -2.30. The molecule has 0 aliphatic carbocycles. The van der Waals surface area contributed by atoms with Crippen LogP contribution in [0.15, 0.2) is 42.5 Å². The van der Waals surface area contributed by atoms with Crippen molar-refractivity contribution in [1.82, 2.24) is 0 Å². The Morgan fingerprint density at radius 3 is 2.09 bits per heavy atom. The van der Waals surface area contributed by atoms with Gasteiger partial charge in [-0.2, -0.15) is 0 Å². The summed E-state index contributed by atoms with van der Waals surface area (Å²) in [4.78, 5) is 46.7. The third-order valence-corrected chi connectivity index (χ3v) is 3.37. The molecule has 2 amide bonds. The standard InChI is InChI=1S/C15H8N2O5/c18-8-9-5-6-12(13(7-9)17(21)22)16-14(19)10-3-1-2-4-11(10)15(16)20/h1-8H.